The maximum atomic E-state index is 10.1. The van der Waals surface area contributed by atoms with E-state index in [0.29, 0.717) is 12.8 Å². The second-order valence-electron chi connectivity index (χ2n) is 4.43. The summed E-state index contributed by atoms with van der Waals surface area (Å²) in [5.41, 5.74) is 0. The monoisotopic (exact) mass is 320 g/mol. The van der Waals surface area contributed by atoms with Crippen molar-refractivity contribution in [3.8, 4) is 0 Å². The van der Waals surface area contributed by atoms with Crippen molar-refractivity contribution in [2.75, 3.05) is 0 Å². The number of rotatable bonds is 12. The zero-order valence-corrected chi connectivity index (χ0v) is 18.7. The number of carboxylic acids is 2. The minimum absolute atomic E-state index is 0. The van der Waals surface area contributed by atoms with Gasteiger partial charge in [0.2, 0.25) is 0 Å². The van der Waals surface area contributed by atoms with Crippen molar-refractivity contribution in [3.05, 3.63) is 0 Å². The van der Waals surface area contributed by atoms with Gasteiger partial charge in [-0.1, -0.05) is 44.9 Å². The summed E-state index contributed by atoms with van der Waals surface area (Å²) in [7, 11) is 0. The molecule has 0 aliphatic rings. The number of carbonyl (C=O) groups is 2. The van der Waals surface area contributed by atoms with Gasteiger partial charge >= 0.3 is 103 Å². The summed E-state index contributed by atoms with van der Waals surface area (Å²) in [5, 5.41) is 20.3. The molecule has 0 N–H and O–H groups in total. The third-order valence-corrected chi connectivity index (χ3v) is 2.76. The van der Waals surface area contributed by atoms with E-state index in [9.17, 15) is 19.8 Å². The van der Waals surface area contributed by atoms with Gasteiger partial charge in [-0.15, -0.1) is 0 Å². The molecule has 0 atom stereocenters. The standard InChI is InChI=1S/C13H24O4.2K/c14-12(15)10-8-6-4-2-1-3-5-7-9-11-13(16)17;;/h1-11H2,(H,14,15)(H,16,17);;/q;2*+1/p-2. The van der Waals surface area contributed by atoms with Gasteiger partial charge in [-0.05, 0) is 25.7 Å². The zero-order valence-electron chi connectivity index (χ0n) is 12.4. The Morgan fingerprint density at radius 1 is 0.526 bits per heavy atom. The Morgan fingerprint density at radius 3 is 0.947 bits per heavy atom. The van der Waals surface area contributed by atoms with Crippen LogP contribution >= 0.6 is 0 Å². The zero-order chi connectivity index (χ0) is 12.9. The van der Waals surface area contributed by atoms with E-state index in [-0.39, 0.29) is 116 Å². The van der Waals surface area contributed by atoms with Crippen molar-refractivity contribution in [3.63, 3.8) is 0 Å². The van der Waals surface area contributed by atoms with Gasteiger partial charge in [0.05, 0.1) is 0 Å². The van der Waals surface area contributed by atoms with Gasteiger partial charge in [0.1, 0.15) is 0 Å². The van der Waals surface area contributed by atoms with Gasteiger partial charge in [-0.2, -0.15) is 0 Å². The third kappa shape index (κ3) is 25.5. The summed E-state index contributed by atoms with van der Waals surface area (Å²) in [4.78, 5) is 20.3. The van der Waals surface area contributed by atoms with Crippen LogP contribution in [0.5, 0.6) is 0 Å². The summed E-state index contributed by atoms with van der Waals surface area (Å²) in [5.74, 6) is -1.92. The number of hydrogen-bond donors (Lipinski definition) is 0. The van der Waals surface area contributed by atoms with Crippen LogP contribution in [0.15, 0.2) is 0 Å². The Labute approximate surface area is 201 Å². The molecular formula is C13H22K2O4. The molecule has 0 aromatic rings. The molecule has 0 aromatic carbocycles. The molecule has 0 unspecified atom stereocenters. The summed E-state index contributed by atoms with van der Waals surface area (Å²) in [6.45, 7) is 0. The molecule has 0 rings (SSSR count). The quantitative estimate of drug-likeness (QED) is 0.266. The van der Waals surface area contributed by atoms with Gasteiger partial charge in [-0.25, -0.2) is 0 Å². The van der Waals surface area contributed by atoms with Crippen molar-refractivity contribution in [1.82, 2.24) is 0 Å². The summed E-state index contributed by atoms with van der Waals surface area (Å²) < 4.78 is 0. The topological polar surface area (TPSA) is 80.3 Å². The molecule has 6 heteroatoms. The van der Waals surface area contributed by atoms with Crippen molar-refractivity contribution in [2.45, 2.75) is 70.6 Å². The largest absolute Gasteiger partial charge is 1.00 e. The van der Waals surface area contributed by atoms with Crippen LogP contribution in [0.1, 0.15) is 70.6 Å². The molecule has 0 saturated heterocycles. The molecule has 0 aliphatic carbocycles. The number of aliphatic carboxylic acids is 2. The molecule has 0 bridgehead atoms. The number of carboxylic acid groups (broad SMARTS) is 2. The van der Waals surface area contributed by atoms with Gasteiger partial charge < -0.3 is 19.8 Å². The number of hydrogen-bond acceptors (Lipinski definition) is 4. The predicted molar refractivity (Wildman–Crippen MR) is 60.8 cm³/mol. The molecule has 0 saturated carbocycles. The van der Waals surface area contributed by atoms with Crippen LogP contribution in [-0.4, -0.2) is 11.9 Å². The van der Waals surface area contributed by atoms with Crippen molar-refractivity contribution in [2.24, 2.45) is 0 Å². The van der Waals surface area contributed by atoms with E-state index in [0.717, 1.165) is 44.9 Å². The average molecular weight is 321 g/mol. The first-order valence-corrected chi connectivity index (χ1v) is 6.52. The van der Waals surface area contributed by atoms with Crippen LogP contribution in [0.4, 0.5) is 0 Å². The molecule has 4 nitrogen and oxygen atoms in total. The average Bonchev–Trinajstić information content (AvgIpc) is 2.25. The molecule has 0 fully saturated rings. The molecule has 0 radical (unpaired) electrons. The van der Waals surface area contributed by atoms with Gasteiger partial charge in [-0.3, -0.25) is 0 Å². The minimum Gasteiger partial charge on any atom is -0.550 e. The van der Waals surface area contributed by atoms with Crippen LogP contribution in [0.25, 0.3) is 0 Å². The van der Waals surface area contributed by atoms with Crippen molar-refractivity contribution in [1.29, 1.82) is 0 Å². The molecule has 0 aromatic heterocycles. The molecule has 0 aliphatic heterocycles. The van der Waals surface area contributed by atoms with E-state index < -0.39 is 11.9 Å². The van der Waals surface area contributed by atoms with Gasteiger partial charge in [0, 0.05) is 11.9 Å². The van der Waals surface area contributed by atoms with Crippen LogP contribution in [0, 0.1) is 0 Å². The molecular weight excluding hydrogens is 298 g/mol. The number of unbranched alkanes of at least 4 members (excludes halogenated alkanes) is 8. The van der Waals surface area contributed by atoms with Crippen molar-refractivity contribution >= 4 is 11.9 Å². The summed E-state index contributed by atoms with van der Waals surface area (Å²) >= 11 is 0. The van der Waals surface area contributed by atoms with Crippen LogP contribution < -0.4 is 113 Å². The first kappa shape index (κ1) is 26.1. The summed E-state index contributed by atoms with van der Waals surface area (Å²) in [6.07, 6.45) is 9.25. The molecule has 0 amide bonds. The Hall–Kier alpha value is 2.21. The molecule has 100 valence electrons. The van der Waals surface area contributed by atoms with E-state index in [1.54, 1.807) is 0 Å². The first-order chi connectivity index (χ1) is 8.13. The fourth-order valence-corrected chi connectivity index (χ4v) is 1.78. The van der Waals surface area contributed by atoms with E-state index in [4.69, 9.17) is 0 Å². The Bertz CT molecular complexity index is 201. The molecule has 0 spiro atoms. The number of carbonyl (C=O) groups excluding carboxylic acids is 2. The third-order valence-electron chi connectivity index (χ3n) is 2.76. The van der Waals surface area contributed by atoms with Gasteiger partial charge in [0.15, 0.2) is 0 Å². The van der Waals surface area contributed by atoms with E-state index >= 15 is 0 Å². The first-order valence-electron chi connectivity index (χ1n) is 6.52. The fraction of sp³-hybridized carbons (Fsp3) is 0.846. The van der Waals surface area contributed by atoms with Crippen LogP contribution in [0.2, 0.25) is 0 Å². The maximum absolute atomic E-state index is 10.1. The Morgan fingerprint density at radius 2 is 0.737 bits per heavy atom. The van der Waals surface area contributed by atoms with Crippen molar-refractivity contribution < 1.29 is 123 Å². The van der Waals surface area contributed by atoms with Crippen LogP contribution in [0.3, 0.4) is 0 Å². The fourth-order valence-electron chi connectivity index (χ4n) is 1.78. The van der Waals surface area contributed by atoms with Gasteiger partial charge in [0.25, 0.3) is 0 Å². The summed E-state index contributed by atoms with van der Waals surface area (Å²) in [6, 6.07) is 0. The smallest absolute Gasteiger partial charge is 0.550 e. The second kappa shape index (κ2) is 20.2. The normalized spacial score (nSPS) is 9.26. The van der Waals surface area contributed by atoms with E-state index in [2.05, 4.69) is 0 Å². The molecule has 19 heavy (non-hydrogen) atoms. The van der Waals surface area contributed by atoms with E-state index in [1.807, 2.05) is 0 Å². The SMILES string of the molecule is O=C([O-])CCCCCCCCCCCC(=O)[O-].[K+].[K+]. The Kier molecular flexibility index (Phi) is 27.8. The maximum Gasteiger partial charge on any atom is 1.00 e. The molecule has 0 heterocycles. The Balaban J connectivity index is -0.00000128. The second-order valence-corrected chi connectivity index (χ2v) is 4.43. The predicted octanol–water partition coefficient (Wildman–Crippen LogP) is -5.21. The van der Waals surface area contributed by atoms with E-state index in [1.165, 1.54) is 0 Å². The van der Waals surface area contributed by atoms with Crippen LogP contribution in [-0.2, 0) is 9.59 Å². The minimum atomic E-state index is -0.960.